The smallest absolute Gasteiger partial charge is 0.253 e. The predicted octanol–water partition coefficient (Wildman–Crippen LogP) is 2.28. The maximum Gasteiger partial charge on any atom is 0.253 e. The molecule has 0 amide bonds. The zero-order chi connectivity index (χ0) is 15.3. The maximum absolute atomic E-state index is 12.6. The number of hydrogen-bond donors (Lipinski definition) is 1. The van der Waals surface area contributed by atoms with Crippen LogP contribution in [-0.4, -0.2) is 32.4 Å². The zero-order valence-corrected chi connectivity index (χ0v) is 14.0. The first-order chi connectivity index (χ1) is 10.1. The first-order valence-electron chi connectivity index (χ1n) is 7.29. The van der Waals surface area contributed by atoms with Gasteiger partial charge in [-0.2, -0.15) is 4.31 Å². The third kappa shape index (κ3) is 4.55. The van der Waals surface area contributed by atoms with Crippen molar-refractivity contribution in [2.24, 2.45) is 5.92 Å². The summed E-state index contributed by atoms with van der Waals surface area (Å²) in [4.78, 5) is 0. The second-order valence-corrected chi connectivity index (χ2v) is 8.47. The molecule has 0 unspecified atom stereocenters. The molecule has 1 aliphatic rings. The quantitative estimate of drug-likeness (QED) is 0.559. The Kier molecular flexibility index (Phi) is 5.82. The Hall–Kier alpha value is -0.870. The molecule has 0 radical (unpaired) electrons. The Labute approximate surface area is 131 Å². The lowest BCUT2D eigenvalue weighted by atomic mass is 10.3. The van der Waals surface area contributed by atoms with E-state index in [2.05, 4.69) is 18.2 Å². The Morgan fingerprint density at radius 1 is 1.52 bits per heavy atom. The highest BCUT2D eigenvalue weighted by molar-refractivity contribution is 7.91. The maximum atomic E-state index is 12.6. The highest BCUT2D eigenvalue weighted by Gasteiger charge is 2.32. The molecule has 6 heteroatoms. The molecule has 0 atom stereocenters. The Bertz CT molecular complexity index is 597. The van der Waals surface area contributed by atoms with Crippen molar-refractivity contribution < 1.29 is 8.42 Å². The van der Waals surface area contributed by atoms with Crippen LogP contribution in [-0.2, 0) is 16.6 Å². The van der Waals surface area contributed by atoms with Crippen LogP contribution in [0, 0.1) is 18.3 Å². The molecule has 1 aromatic rings. The van der Waals surface area contributed by atoms with Crippen LogP contribution < -0.4 is 5.32 Å². The molecule has 0 spiro atoms. The normalized spacial score (nSPS) is 15.3. The molecule has 0 aromatic carbocycles. The minimum absolute atomic E-state index is 0.153. The largest absolute Gasteiger partial charge is 0.313 e. The molecule has 0 saturated heterocycles. The number of hydrogen-bond acceptors (Lipinski definition) is 4. The van der Waals surface area contributed by atoms with Crippen LogP contribution in [0.4, 0.5) is 0 Å². The molecular weight excluding hydrogens is 304 g/mol. The summed E-state index contributed by atoms with van der Waals surface area (Å²) in [6, 6.07) is 1.76. The van der Waals surface area contributed by atoms with Crippen molar-refractivity contribution >= 4 is 21.4 Å². The van der Waals surface area contributed by atoms with Gasteiger partial charge >= 0.3 is 0 Å². The van der Waals surface area contributed by atoms with Gasteiger partial charge in [-0.15, -0.1) is 17.8 Å². The van der Waals surface area contributed by atoms with Crippen molar-refractivity contribution in [1.29, 1.82) is 0 Å². The van der Waals surface area contributed by atoms with Gasteiger partial charge in [-0.3, -0.25) is 0 Å². The molecule has 1 aromatic heterocycles. The topological polar surface area (TPSA) is 49.4 Å². The Morgan fingerprint density at radius 3 is 2.90 bits per heavy atom. The average molecular weight is 326 g/mol. The van der Waals surface area contributed by atoms with Gasteiger partial charge in [-0.1, -0.05) is 12.8 Å². The molecule has 2 rings (SSSR count). The van der Waals surface area contributed by atoms with Crippen LogP contribution in [0.3, 0.4) is 0 Å². The van der Waals surface area contributed by atoms with E-state index in [-0.39, 0.29) is 6.54 Å². The van der Waals surface area contributed by atoms with E-state index in [4.69, 9.17) is 6.42 Å². The molecule has 1 fully saturated rings. The monoisotopic (exact) mass is 326 g/mol. The third-order valence-corrected chi connectivity index (χ3v) is 6.68. The standard InChI is InChI=1S/C15H22N2O2S2/c1-3-7-16-10-14-9-15(20-12-14)21(18,19)17(8-4-2)11-13-5-6-13/h2,9,12-13,16H,3,5-8,10-11H2,1H3. The van der Waals surface area contributed by atoms with Crippen molar-refractivity contribution in [3.63, 3.8) is 0 Å². The zero-order valence-electron chi connectivity index (χ0n) is 12.3. The summed E-state index contributed by atoms with van der Waals surface area (Å²) in [5, 5.41) is 5.18. The van der Waals surface area contributed by atoms with Crippen LogP contribution in [0.25, 0.3) is 0 Å². The fourth-order valence-electron chi connectivity index (χ4n) is 2.06. The second kappa shape index (κ2) is 7.41. The number of sulfonamides is 1. The minimum Gasteiger partial charge on any atom is -0.313 e. The van der Waals surface area contributed by atoms with Crippen LogP contribution in [0.5, 0.6) is 0 Å². The van der Waals surface area contributed by atoms with E-state index in [1.807, 2.05) is 5.38 Å². The lowest BCUT2D eigenvalue weighted by Crippen LogP contribution is -2.32. The van der Waals surface area contributed by atoms with Crippen LogP contribution >= 0.6 is 11.3 Å². The van der Waals surface area contributed by atoms with E-state index in [9.17, 15) is 8.42 Å². The Balaban J connectivity index is 2.07. The summed E-state index contributed by atoms with van der Waals surface area (Å²) >= 11 is 1.28. The van der Waals surface area contributed by atoms with E-state index in [0.717, 1.165) is 31.4 Å². The van der Waals surface area contributed by atoms with Gasteiger partial charge in [0.25, 0.3) is 10.0 Å². The SMILES string of the molecule is C#CCN(CC1CC1)S(=O)(=O)c1cc(CNCCC)cs1. The van der Waals surface area contributed by atoms with E-state index >= 15 is 0 Å². The Morgan fingerprint density at radius 2 is 2.29 bits per heavy atom. The van der Waals surface area contributed by atoms with Crippen molar-refractivity contribution in [2.75, 3.05) is 19.6 Å². The van der Waals surface area contributed by atoms with Gasteiger partial charge in [-0.05, 0) is 48.7 Å². The number of nitrogens with one attached hydrogen (secondary N) is 1. The molecule has 0 bridgehead atoms. The third-order valence-electron chi connectivity index (χ3n) is 3.41. The summed E-state index contributed by atoms with van der Waals surface area (Å²) < 4.78 is 27.1. The molecule has 1 heterocycles. The van der Waals surface area contributed by atoms with Crippen LogP contribution in [0.2, 0.25) is 0 Å². The number of terminal acetylenes is 1. The average Bonchev–Trinajstić information content (AvgIpc) is 3.14. The summed E-state index contributed by atoms with van der Waals surface area (Å²) in [5.41, 5.74) is 1.01. The highest BCUT2D eigenvalue weighted by atomic mass is 32.2. The van der Waals surface area contributed by atoms with Crippen LogP contribution in [0.1, 0.15) is 31.7 Å². The first kappa shape index (κ1) is 16.5. The first-order valence-corrected chi connectivity index (χ1v) is 9.61. The van der Waals surface area contributed by atoms with Gasteiger partial charge < -0.3 is 5.32 Å². The lowest BCUT2D eigenvalue weighted by Gasteiger charge is -2.18. The van der Waals surface area contributed by atoms with Gasteiger partial charge in [0.1, 0.15) is 4.21 Å². The van der Waals surface area contributed by atoms with Gasteiger partial charge in [0.05, 0.1) is 6.54 Å². The van der Waals surface area contributed by atoms with Gasteiger partial charge in [0.2, 0.25) is 0 Å². The molecule has 1 aliphatic carbocycles. The highest BCUT2D eigenvalue weighted by Crippen LogP contribution is 2.32. The van der Waals surface area contributed by atoms with E-state index < -0.39 is 10.0 Å². The second-order valence-electron chi connectivity index (χ2n) is 5.40. The molecule has 1 N–H and O–H groups in total. The summed E-state index contributed by atoms with van der Waals surface area (Å²) in [5.74, 6) is 2.95. The number of thiophene rings is 1. The lowest BCUT2D eigenvalue weighted by molar-refractivity contribution is 0.431. The van der Waals surface area contributed by atoms with Gasteiger partial charge in [0.15, 0.2) is 0 Å². The molecule has 1 saturated carbocycles. The molecule has 4 nitrogen and oxygen atoms in total. The van der Waals surface area contributed by atoms with Crippen molar-refractivity contribution in [1.82, 2.24) is 9.62 Å². The van der Waals surface area contributed by atoms with Gasteiger partial charge in [-0.25, -0.2) is 8.42 Å². The summed E-state index contributed by atoms with van der Waals surface area (Å²) in [6.45, 7) is 4.44. The van der Waals surface area contributed by atoms with E-state index in [0.29, 0.717) is 23.2 Å². The molecule has 0 aliphatic heterocycles. The fourth-order valence-corrected chi connectivity index (χ4v) is 4.85. The van der Waals surface area contributed by atoms with Crippen molar-refractivity contribution in [3.8, 4) is 12.3 Å². The number of nitrogens with zero attached hydrogens (tertiary/aromatic N) is 1. The van der Waals surface area contributed by atoms with Crippen LogP contribution in [0.15, 0.2) is 15.7 Å². The summed E-state index contributed by atoms with van der Waals surface area (Å²) in [6.07, 6.45) is 8.59. The van der Waals surface area contributed by atoms with Crippen molar-refractivity contribution in [2.45, 2.75) is 36.9 Å². The van der Waals surface area contributed by atoms with E-state index in [1.54, 1.807) is 6.07 Å². The van der Waals surface area contributed by atoms with Gasteiger partial charge in [0, 0.05) is 13.1 Å². The predicted molar refractivity (Wildman–Crippen MR) is 86.6 cm³/mol. The fraction of sp³-hybridized carbons (Fsp3) is 0.600. The minimum atomic E-state index is -3.45. The number of rotatable bonds is 9. The van der Waals surface area contributed by atoms with E-state index in [1.165, 1.54) is 15.6 Å². The molecular formula is C15H22N2O2S2. The summed E-state index contributed by atoms with van der Waals surface area (Å²) in [7, 11) is -3.45. The van der Waals surface area contributed by atoms with Crippen molar-refractivity contribution in [3.05, 3.63) is 17.0 Å². The molecule has 116 valence electrons. The molecule has 21 heavy (non-hydrogen) atoms.